The number of hydrogen-bond donors (Lipinski definition) is 2. The van der Waals surface area contributed by atoms with E-state index in [1.165, 1.54) is 6.92 Å². The zero-order chi connectivity index (χ0) is 12.6. The Labute approximate surface area is 92.4 Å². The molecule has 0 saturated carbocycles. The lowest BCUT2D eigenvalue weighted by Crippen LogP contribution is -2.41. The van der Waals surface area contributed by atoms with E-state index in [2.05, 4.69) is 4.84 Å². The minimum atomic E-state index is -1.06. The standard InChI is InChI=1S/C8H16N2O6/c1-6(11)7(9)8(12)15-4-2-3-5-16-10(13)14/h6-7,11H,2-5,9H2,1H3. The summed E-state index contributed by atoms with van der Waals surface area (Å²) in [6.07, 6.45) is -0.130. The number of rotatable bonds is 8. The van der Waals surface area contributed by atoms with Crippen LogP contribution in [0.25, 0.3) is 0 Å². The van der Waals surface area contributed by atoms with E-state index in [9.17, 15) is 14.9 Å². The molecule has 16 heavy (non-hydrogen) atoms. The summed E-state index contributed by atoms with van der Waals surface area (Å²) >= 11 is 0. The fourth-order valence-electron chi connectivity index (χ4n) is 0.809. The van der Waals surface area contributed by atoms with Gasteiger partial charge in [0.1, 0.15) is 6.04 Å². The Balaban J connectivity index is 3.45. The molecule has 0 radical (unpaired) electrons. The van der Waals surface area contributed by atoms with Crippen molar-refractivity contribution in [2.24, 2.45) is 5.73 Å². The summed E-state index contributed by atoms with van der Waals surface area (Å²) in [7, 11) is 0. The lowest BCUT2D eigenvalue weighted by Gasteiger charge is -2.13. The molecule has 0 rings (SSSR count). The monoisotopic (exact) mass is 236 g/mol. The van der Waals surface area contributed by atoms with E-state index in [1.54, 1.807) is 0 Å². The van der Waals surface area contributed by atoms with Gasteiger partial charge in [-0.25, -0.2) is 0 Å². The first-order valence-electron chi connectivity index (χ1n) is 4.82. The third kappa shape index (κ3) is 6.96. The molecule has 94 valence electrons. The first-order valence-corrected chi connectivity index (χ1v) is 4.82. The summed E-state index contributed by atoms with van der Waals surface area (Å²) in [6, 6.07) is -1.06. The summed E-state index contributed by atoms with van der Waals surface area (Å²) < 4.78 is 4.72. The average molecular weight is 236 g/mol. The molecule has 0 bridgehead atoms. The molecule has 8 heteroatoms. The zero-order valence-electron chi connectivity index (χ0n) is 9.00. The molecule has 2 unspecified atom stereocenters. The highest BCUT2D eigenvalue weighted by atomic mass is 16.9. The van der Waals surface area contributed by atoms with Crippen LogP contribution in [-0.2, 0) is 14.4 Å². The molecular weight excluding hydrogens is 220 g/mol. The molecule has 0 heterocycles. The second kappa shape index (κ2) is 7.83. The van der Waals surface area contributed by atoms with Gasteiger partial charge < -0.3 is 20.4 Å². The van der Waals surface area contributed by atoms with Gasteiger partial charge in [0.2, 0.25) is 0 Å². The van der Waals surface area contributed by atoms with Gasteiger partial charge in [-0.3, -0.25) is 4.79 Å². The molecule has 0 saturated heterocycles. The first kappa shape index (κ1) is 14.6. The van der Waals surface area contributed by atoms with Gasteiger partial charge in [-0.05, 0) is 19.8 Å². The van der Waals surface area contributed by atoms with Gasteiger partial charge in [-0.15, -0.1) is 10.1 Å². The van der Waals surface area contributed by atoms with Crippen molar-refractivity contribution in [3.8, 4) is 0 Å². The van der Waals surface area contributed by atoms with Crippen LogP contribution in [0.4, 0.5) is 0 Å². The first-order chi connectivity index (χ1) is 7.45. The highest BCUT2D eigenvalue weighted by molar-refractivity contribution is 5.76. The van der Waals surface area contributed by atoms with E-state index in [0.717, 1.165) is 0 Å². The number of aliphatic hydroxyl groups excluding tert-OH is 1. The zero-order valence-corrected chi connectivity index (χ0v) is 9.00. The summed E-state index contributed by atoms with van der Waals surface area (Å²) in [5.41, 5.74) is 5.30. The van der Waals surface area contributed by atoms with E-state index >= 15 is 0 Å². The van der Waals surface area contributed by atoms with Crippen LogP contribution in [0.5, 0.6) is 0 Å². The minimum absolute atomic E-state index is 0.0347. The van der Waals surface area contributed by atoms with E-state index in [0.29, 0.717) is 12.8 Å². The molecule has 0 fully saturated rings. The molecule has 0 amide bonds. The SMILES string of the molecule is CC(O)C(N)C(=O)OCCCCO[N+](=O)[O-]. The number of nitrogens with zero attached hydrogens (tertiary/aromatic N) is 1. The molecule has 0 spiro atoms. The van der Waals surface area contributed by atoms with E-state index in [-0.39, 0.29) is 13.2 Å². The highest BCUT2D eigenvalue weighted by Crippen LogP contribution is 1.96. The lowest BCUT2D eigenvalue weighted by atomic mass is 10.2. The quantitative estimate of drug-likeness (QED) is 0.245. The predicted molar refractivity (Wildman–Crippen MR) is 52.8 cm³/mol. The molecule has 8 nitrogen and oxygen atoms in total. The van der Waals surface area contributed by atoms with Crippen molar-refractivity contribution < 1.29 is 24.6 Å². The Bertz CT molecular complexity index is 233. The smallest absolute Gasteiger partial charge is 0.325 e. The van der Waals surface area contributed by atoms with Crippen molar-refractivity contribution in [2.75, 3.05) is 13.2 Å². The van der Waals surface area contributed by atoms with Gasteiger partial charge >= 0.3 is 5.97 Å². The van der Waals surface area contributed by atoms with Gasteiger partial charge in [0.25, 0.3) is 5.09 Å². The normalized spacial score (nSPS) is 13.9. The van der Waals surface area contributed by atoms with Crippen LogP contribution >= 0.6 is 0 Å². The number of ether oxygens (including phenoxy) is 1. The van der Waals surface area contributed by atoms with E-state index < -0.39 is 23.2 Å². The van der Waals surface area contributed by atoms with Crippen LogP contribution < -0.4 is 5.73 Å². The maximum atomic E-state index is 11.1. The molecule has 0 aromatic heterocycles. The predicted octanol–water partition coefficient (Wildman–Crippen LogP) is -0.774. The Morgan fingerprint density at radius 1 is 1.50 bits per heavy atom. The topological polar surface area (TPSA) is 125 Å². The van der Waals surface area contributed by atoms with E-state index in [4.69, 9.17) is 15.6 Å². The van der Waals surface area contributed by atoms with Crippen LogP contribution in [0.3, 0.4) is 0 Å². The largest absolute Gasteiger partial charge is 0.464 e. The van der Waals surface area contributed by atoms with Crippen LogP contribution in [-0.4, -0.2) is 41.5 Å². The Kier molecular flexibility index (Phi) is 7.14. The Hall–Kier alpha value is -1.41. The summed E-state index contributed by atoms with van der Waals surface area (Å²) in [6.45, 7) is 1.45. The number of nitrogens with two attached hydrogens (primary N) is 1. The molecule has 0 aliphatic heterocycles. The van der Waals surface area contributed by atoms with Gasteiger partial charge in [0, 0.05) is 0 Å². The van der Waals surface area contributed by atoms with Crippen molar-refractivity contribution in [2.45, 2.75) is 31.9 Å². The third-order valence-corrected chi connectivity index (χ3v) is 1.77. The summed E-state index contributed by atoms with van der Waals surface area (Å²) in [5.74, 6) is -0.690. The van der Waals surface area contributed by atoms with Crippen molar-refractivity contribution in [3.63, 3.8) is 0 Å². The summed E-state index contributed by atoms with van der Waals surface area (Å²) in [5, 5.41) is 17.9. The number of unbranched alkanes of at least 4 members (excludes halogenated alkanes) is 1. The second-order valence-corrected chi connectivity index (χ2v) is 3.20. The molecule has 0 aromatic rings. The van der Waals surface area contributed by atoms with Gasteiger partial charge in [-0.1, -0.05) is 0 Å². The Morgan fingerprint density at radius 2 is 2.06 bits per heavy atom. The third-order valence-electron chi connectivity index (χ3n) is 1.77. The van der Waals surface area contributed by atoms with Gasteiger partial charge in [0.15, 0.2) is 0 Å². The number of hydrogen-bond acceptors (Lipinski definition) is 7. The number of aliphatic hydroxyl groups is 1. The van der Waals surface area contributed by atoms with Gasteiger partial charge in [-0.2, -0.15) is 0 Å². The maximum absolute atomic E-state index is 11.1. The number of esters is 1. The van der Waals surface area contributed by atoms with Crippen LogP contribution in [0.1, 0.15) is 19.8 Å². The fraction of sp³-hybridized carbons (Fsp3) is 0.875. The summed E-state index contributed by atoms with van der Waals surface area (Å²) in [4.78, 5) is 24.9. The number of carbonyl (C=O) groups is 1. The molecular formula is C8H16N2O6. The fourth-order valence-corrected chi connectivity index (χ4v) is 0.809. The molecule has 0 aliphatic rings. The average Bonchev–Trinajstić information content (AvgIpc) is 2.21. The van der Waals surface area contributed by atoms with Gasteiger partial charge in [0.05, 0.1) is 19.3 Å². The highest BCUT2D eigenvalue weighted by Gasteiger charge is 2.19. The van der Waals surface area contributed by atoms with Crippen molar-refractivity contribution in [1.82, 2.24) is 0 Å². The van der Waals surface area contributed by atoms with Crippen LogP contribution in [0.15, 0.2) is 0 Å². The van der Waals surface area contributed by atoms with Crippen molar-refractivity contribution in [3.05, 3.63) is 10.1 Å². The molecule has 0 aliphatic carbocycles. The van der Waals surface area contributed by atoms with Crippen LogP contribution in [0, 0.1) is 10.1 Å². The van der Waals surface area contributed by atoms with Crippen molar-refractivity contribution in [1.29, 1.82) is 0 Å². The molecule has 0 aromatic carbocycles. The molecule has 3 N–H and O–H groups in total. The molecule has 2 atom stereocenters. The van der Waals surface area contributed by atoms with Crippen LogP contribution in [0.2, 0.25) is 0 Å². The second-order valence-electron chi connectivity index (χ2n) is 3.20. The van der Waals surface area contributed by atoms with Crippen molar-refractivity contribution >= 4 is 5.97 Å². The lowest BCUT2D eigenvalue weighted by molar-refractivity contribution is -0.757. The maximum Gasteiger partial charge on any atom is 0.325 e. The van der Waals surface area contributed by atoms with E-state index in [1.807, 2.05) is 0 Å². The Morgan fingerprint density at radius 3 is 2.56 bits per heavy atom. The number of carbonyl (C=O) groups excluding carboxylic acids is 1. The minimum Gasteiger partial charge on any atom is -0.464 e.